The van der Waals surface area contributed by atoms with Crippen molar-refractivity contribution in [3.8, 4) is 0 Å². The van der Waals surface area contributed by atoms with E-state index >= 15 is 0 Å². The number of amides is 1. The highest BCUT2D eigenvalue weighted by Gasteiger charge is 2.15. The maximum atomic E-state index is 12.1. The van der Waals surface area contributed by atoms with Gasteiger partial charge >= 0.3 is 0 Å². The van der Waals surface area contributed by atoms with Crippen molar-refractivity contribution >= 4 is 5.91 Å². The summed E-state index contributed by atoms with van der Waals surface area (Å²) in [5.41, 5.74) is 1.11. The quantitative estimate of drug-likeness (QED) is 0.803. The van der Waals surface area contributed by atoms with E-state index < -0.39 is 0 Å². The molecule has 0 unspecified atom stereocenters. The molecule has 0 spiro atoms. The van der Waals surface area contributed by atoms with E-state index in [-0.39, 0.29) is 5.91 Å². The van der Waals surface area contributed by atoms with Crippen LogP contribution >= 0.6 is 0 Å². The fourth-order valence-corrected chi connectivity index (χ4v) is 1.67. The first-order chi connectivity index (χ1) is 8.18. The Morgan fingerprint density at radius 2 is 2.06 bits per heavy atom. The van der Waals surface area contributed by atoms with Crippen molar-refractivity contribution in [2.24, 2.45) is 7.05 Å². The lowest BCUT2D eigenvalue weighted by Crippen LogP contribution is -2.28. The average molecular weight is 229 g/mol. The molecule has 0 N–H and O–H groups in total. The maximum absolute atomic E-state index is 12.1. The maximum Gasteiger partial charge on any atom is 0.289 e. The van der Waals surface area contributed by atoms with Crippen molar-refractivity contribution in [3.63, 3.8) is 0 Å². The Balaban J connectivity index is 2.09. The van der Waals surface area contributed by atoms with E-state index in [2.05, 4.69) is 4.98 Å². The molecule has 88 valence electrons. The second-order valence-electron chi connectivity index (χ2n) is 4.01. The van der Waals surface area contributed by atoms with Crippen LogP contribution in [0.3, 0.4) is 0 Å². The van der Waals surface area contributed by atoms with Crippen molar-refractivity contribution in [1.29, 1.82) is 0 Å². The zero-order chi connectivity index (χ0) is 12.3. The van der Waals surface area contributed by atoms with Crippen molar-refractivity contribution in [2.75, 3.05) is 7.05 Å². The first-order valence-electron chi connectivity index (χ1n) is 5.45. The summed E-state index contributed by atoms with van der Waals surface area (Å²) >= 11 is 0. The van der Waals surface area contributed by atoms with E-state index in [0.29, 0.717) is 12.4 Å². The minimum Gasteiger partial charge on any atom is -0.335 e. The van der Waals surface area contributed by atoms with Crippen LogP contribution in [0.1, 0.15) is 16.2 Å². The van der Waals surface area contributed by atoms with Crippen LogP contribution in [0.15, 0.2) is 42.7 Å². The number of hydrogen-bond donors (Lipinski definition) is 0. The van der Waals surface area contributed by atoms with Gasteiger partial charge in [0.1, 0.15) is 0 Å². The highest BCUT2D eigenvalue weighted by atomic mass is 16.2. The summed E-state index contributed by atoms with van der Waals surface area (Å²) in [6, 6.07) is 9.90. The van der Waals surface area contributed by atoms with Crippen molar-refractivity contribution in [1.82, 2.24) is 14.5 Å². The Kier molecular flexibility index (Phi) is 3.23. The van der Waals surface area contributed by atoms with Crippen molar-refractivity contribution in [2.45, 2.75) is 6.54 Å². The molecule has 4 nitrogen and oxygen atoms in total. The molecule has 2 aromatic rings. The zero-order valence-corrected chi connectivity index (χ0v) is 10.00. The number of carbonyl (C=O) groups is 1. The molecule has 0 saturated heterocycles. The molecule has 1 amide bonds. The zero-order valence-electron chi connectivity index (χ0n) is 10.00. The lowest BCUT2D eigenvalue weighted by molar-refractivity contribution is 0.0769. The molecule has 17 heavy (non-hydrogen) atoms. The van der Waals surface area contributed by atoms with Crippen LogP contribution in [0.25, 0.3) is 0 Å². The van der Waals surface area contributed by atoms with Gasteiger partial charge in [0.25, 0.3) is 5.91 Å². The highest BCUT2D eigenvalue weighted by molar-refractivity contribution is 5.90. The first-order valence-corrected chi connectivity index (χ1v) is 5.45. The SMILES string of the molecule is CN(Cc1ccccc1)C(=O)c1nccn1C. The highest BCUT2D eigenvalue weighted by Crippen LogP contribution is 2.06. The van der Waals surface area contributed by atoms with Crippen LogP contribution in [0.2, 0.25) is 0 Å². The second-order valence-corrected chi connectivity index (χ2v) is 4.01. The van der Waals surface area contributed by atoms with Crippen LogP contribution in [-0.2, 0) is 13.6 Å². The number of aromatic nitrogens is 2. The van der Waals surface area contributed by atoms with E-state index in [1.807, 2.05) is 37.4 Å². The molecule has 2 rings (SSSR count). The van der Waals surface area contributed by atoms with Gasteiger partial charge in [0.15, 0.2) is 5.82 Å². The summed E-state index contributed by atoms with van der Waals surface area (Å²) in [5.74, 6) is 0.393. The second kappa shape index (κ2) is 4.82. The number of carbonyl (C=O) groups excluding carboxylic acids is 1. The predicted octanol–water partition coefficient (Wildman–Crippen LogP) is 1.69. The number of rotatable bonds is 3. The number of imidazole rings is 1. The molecule has 0 aliphatic carbocycles. The van der Waals surface area contributed by atoms with Gasteiger partial charge in [-0.25, -0.2) is 4.98 Å². The summed E-state index contributed by atoms with van der Waals surface area (Å²) in [7, 11) is 3.60. The van der Waals surface area contributed by atoms with E-state index in [9.17, 15) is 4.79 Å². The molecule has 0 atom stereocenters. The van der Waals surface area contributed by atoms with E-state index in [0.717, 1.165) is 5.56 Å². The number of hydrogen-bond acceptors (Lipinski definition) is 2. The average Bonchev–Trinajstić information content (AvgIpc) is 2.76. The van der Waals surface area contributed by atoms with Gasteiger partial charge in [-0.05, 0) is 5.56 Å². The molecule has 4 heteroatoms. The summed E-state index contributed by atoms with van der Waals surface area (Å²) in [6.07, 6.45) is 3.40. The van der Waals surface area contributed by atoms with Crippen LogP contribution in [0.4, 0.5) is 0 Å². The largest absolute Gasteiger partial charge is 0.335 e. The van der Waals surface area contributed by atoms with E-state index in [4.69, 9.17) is 0 Å². The minimum absolute atomic E-state index is 0.0682. The Labute approximate surface area is 101 Å². The monoisotopic (exact) mass is 229 g/mol. The lowest BCUT2D eigenvalue weighted by Gasteiger charge is -2.16. The predicted molar refractivity (Wildman–Crippen MR) is 65.4 cm³/mol. The molecule has 1 aromatic carbocycles. The van der Waals surface area contributed by atoms with E-state index in [1.54, 1.807) is 28.9 Å². The normalized spacial score (nSPS) is 10.2. The van der Waals surface area contributed by atoms with Gasteiger partial charge in [0.2, 0.25) is 0 Å². The molecular formula is C13H15N3O. The van der Waals surface area contributed by atoms with E-state index in [1.165, 1.54) is 0 Å². The Morgan fingerprint density at radius 3 is 2.65 bits per heavy atom. The Bertz CT molecular complexity index is 504. The van der Waals surface area contributed by atoms with Crippen LogP contribution in [0, 0.1) is 0 Å². The summed E-state index contributed by atoms with van der Waals surface area (Å²) < 4.78 is 1.73. The van der Waals surface area contributed by atoms with Crippen LogP contribution < -0.4 is 0 Å². The molecule has 0 aliphatic heterocycles. The van der Waals surface area contributed by atoms with Gasteiger partial charge in [-0.2, -0.15) is 0 Å². The van der Waals surface area contributed by atoms with Crippen molar-refractivity contribution in [3.05, 3.63) is 54.1 Å². The topological polar surface area (TPSA) is 38.1 Å². The smallest absolute Gasteiger partial charge is 0.289 e. The Morgan fingerprint density at radius 1 is 1.35 bits per heavy atom. The molecule has 0 fully saturated rings. The third-order valence-corrected chi connectivity index (χ3v) is 2.62. The first kappa shape index (κ1) is 11.4. The summed E-state index contributed by atoms with van der Waals surface area (Å²) in [6.45, 7) is 0.590. The molecular weight excluding hydrogens is 214 g/mol. The van der Waals surface area contributed by atoms with Crippen LogP contribution in [-0.4, -0.2) is 27.4 Å². The third-order valence-electron chi connectivity index (χ3n) is 2.62. The number of benzene rings is 1. The number of nitrogens with zero attached hydrogens (tertiary/aromatic N) is 3. The minimum atomic E-state index is -0.0682. The molecule has 0 bridgehead atoms. The molecule has 1 heterocycles. The van der Waals surface area contributed by atoms with Gasteiger partial charge in [0, 0.05) is 33.0 Å². The van der Waals surface area contributed by atoms with Gasteiger partial charge in [0.05, 0.1) is 0 Å². The van der Waals surface area contributed by atoms with Gasteiger partial charge in [-0.15, -0.1) is 0 Å². The van der Waals surface area contributed by atoms with Gasteiger partial charge < -0.3 is 9.47 Å². The fraction of sp³-hybridized carbons (Fsp3) is 0.231. The van der Waals surface area contributed by atoms with Gasteiger partial charge in [-0.1, -0.05) is 30.3 Å². The molecule has 0 aliphatic rings. The lowest BCUT2D eigenvalue weighted by atomic mass is 10.2. The molecule has 0 saturated carbocycles. The van der Waals surface area contributed by atoms with Crippen LogP contribution in [0.5, 0.6) is 0 Å². The van der Waals surface area contributed by atoms with Gasteiger partial charge in [-0.3, -0.25) is 4.79 Å². The number of aryl methyl sites for hydroxylation is 1. The fourth-order valence-electron chi connectivity index (χ4n) is 1.67. The third kappa shape index (κ3) is 2.53. The molecule has 0 radical (unpaired) electrons. The Hall–Kier alpha value is -2.10. The summed E-state index contributed by atoms with van der Waals surface area (Å²) in [4.78, 5) is 17.8. The van der Waals surface area contributed by atoms with Crippen molar-refractivity contribution < 1.29 is 4.79 Å². The summed E-state index contributed by atoms with van der Waals surface area (Å²) in [5, 5.41) is 0. The standard InChI is InChI=1S/C13H15N3O/c1-15-9-8-14-12(15)13(17)16(2)10-11-6-4-3-5-7-11/h3-9H,10H2,1-2H3. The molecule has 1 aromatic heterocycles.